The third-order valence-corrected chi connectivity index (χ3v) is 6.20. The maximum absolute atomic E-state index is 12.7. The third kappa shape index (κ3) is 4.69. The summed E-state index contributed by atoms with van der Waals surface area (Å²) in [5.74, 6) is 0.613. The Bertz CT molecular complexity index is 823. The van der Waals surface area contributed by atoms with Crippen molar-refractivity contribution in [2.45, 2.75) is 70.3 Å². The number of aromatic nitrogens is 2. The highest BCUT2D eigenvalue weighted by Gasteiger charge is 2.30. The van der Waals surface area contributed by atoms with Gasteiger partial charge in [0.1, 0.15) is 5.25 Å². The summed E-state index contributed by atoms with van der Waals surface area (Å²) in [5, 5.41) is 3.08. The van der Waals surface area contributed by atoms with Gasteiger partial charge >= 0.3 is 0 Å². The molecule has 0 aliphatic carbocycles. The summed E-state index contributed by atoms with van der Waals surface area (Å²) in [4.78, 5) is 4.28. The Morgan fingerprint density at radius 1 is 1.00 bits per heavy atom. The first-order valence-corrected chi connectivity index (χ1v) is 10.2. The Hall–Kier alpha value is -1.69. The molecule has 138 valence electrons. The summed E-state index contributed by atoms with van der Waals surface area (Å²) in [6.07, 6.45) is 0. The molecule has 0 N–H and O–H groups in total. The zero-order valence-electron chi connectivity index (χ0n) is 16.1. The minimum atomic E-state index is -3.44. The van der Waals surface area contributed by atoms with E-state index in [2.05, 4.69) is 30.9 Å². The number of hydrogen-bond donors (Lipinski definition) is 0. The lowest BCUT2D eigenvalue weighted by Crippen LogP contribution is -2.16. The molecule has 0 saturated carbocycles. The molecule has 1 aromatic carbocycles. The molecule has 1 aromatic heterocycles. The van der Waals surface area contributed by atoms with Gasteiger partial charge in [-0.2, -0.15) is 4.98 Å². The molecule has 0 saturated heterocycles. The number of hydrogen-bond acceptors (Lipinski definition) is 5. The summed E-state index contributed by atoms with van der Waals surface area (Å²) in [5.41, 5.74) is 1.69. The molecule has 0 spiro atoms. The van der Waals surface area contributed by atoms with Gasteiger partial charge in [0.15, 0.2) is 15.7 Å². The Morgan fingerprint density at radius 3 is 2.00 bits per heavy atom. The molecule has 1 heterocycles. The Kier molecular flexibility index (Phi) is 5.15. The molecule has 2 aromatic rings. The molecule has 0 amide bonds. The zero-order chi connectivity index (χ0) is 19.0. The van der Waals surface area contributed by atoms with E-state index in [-0.39, 0.29) is 22.5 Å². The number of sulfone groups is 1. The standard InChI is InChI=1S/C19H28N2O3S/c1-13(16-20-17(21-24-16)19(5,6)7)25(22,23)12-14-8-10-15(11-9-14)18(2,3)4/h8-11,13H,12H2,1-7H3/t13-/m1/s1. The van der Waals surface area contributed by atoms with Gasteiger partial charge in [-0.1, -0.05) is 71.0 Å². The lowest BCUT2D eigenvalue weighted by Gasteiger charge is -2.19. The zero-order valence-corrected chi connectivity index (χ0v) is 16.9. The van der Waals surface area contributed by atoms with Crippen molar-refractivity contribution < 1.29 is 12.9 Å². The normalized spacial score (nSPS) is 14.5. The van der Waals surface area contributed by atoms with Crippen molar-refractivity contribution >= 4 is 9.84 Å². The molecule has 5 nitrogen and oxygen atoms in total. The molecule has 0 unspecified atom stereocenters. The van der Waals surface area contributed by atoms with Crippen LogP contribution < -0.4 is 0 Å². The first kappa shape index (κ1) is 19.6. The molecule has 0 bridgehead atoms. The highest BCUT2D eigenvalue weighted by atomic mass is 32.2. The van der Waals surface area contributed by atoms with E-state index in [1.807, 2.05) is 45.0 Å². The average molecular weight is 365 g/mol. The summed E-state index contributed by atoms with van der Waals surface area (Å²) in [6.45, 7) is 13.8. The van der Waals surface area contributed by atoms with E-state index in [1.54, 1.807) is 6.92 Å². The third-order valence-electron chi connectivity index (χ3n) is 4.19. The van der Waals surface area contributed by atoms with Gasteiger partial charge in [0, 0.05) is 5.41 Å². The molecular formula is C19H28N2O3S. The summed E-state index contributed by atoms with van der Waals surface area (Å²) < 4.78 is 30.6. The largest absolute Gasteiger partial charge is 0.338 e. The Balaban J connectivity index is 2.19. The fraction of sp³-hybridized carbons (Fsp3) is 0.579. The van der Waals surface area contributed by atoms with Crippen LogP contribution in [0.1, 0.15) is 76.6 Å². The van der Waals surface area contributed by atoms with E-state index >= 15 is 0 Å². The Labute approximate surface area is 150 Å². The van der Waals surface area contributed by atoms with Crippen LogP contribution in [0.25, 0.3) is 0 Å². The SMILES string of the molecule is C[C@H](c1nc(C(C)(C)C)no1)S(=O)(=O)Cc1ccc(C(C)(C)C)cc1. The maximum atomic E-state index is 12.7. The van der Waals surface area contributed by atoms with Crippen molar-refractivity contribution in [3.05, 3.63) is 47.1 Å². The second kappa shape index (κ2) is 6.56. The van der Waals surface area contributed by atoms with Crippen LogP contribution in [0.4, 0.5) is 0 Å². The highest BCUT2D eigenvalue weighted by molar-refractivity contribution is 7.90. The maximum Gasteiger partial charge on any atom is 0.244 e. The quantitative estimate of drug-likeness (QED) is 0.807. The summed E-state index contributed by atoms with van der Waals surface area (Å²) in [6, 6.07) is 7.72. The van der Waals surface area contributed by atoms with Crippen molar-refractivity contribution in [2.24, 2.45) is 0 Å². The monoisotopic (exact) mass is 364 g/mol. The molecule has 0 aliphatic heterocycles. The number of nitrogens with zero attached hydrogens (tertiary/aromatic N) is 2. The van der Waals surface area contributed by atoms with Gasteiger partial charge in [-0.15, -0.1) is 0 Å². The van der Waals surface area contributed by atoms with Gasteiger partial charge in [-0.25, -0.2) is 8.42 Å². The molecule has 2 rings (SSSR count). The molecule has 0 fully saturated rings. The van der Waals surface area contributed by atoms with Gasteiger partial charge in [-0.05, 0) is 23.5 Å². The van der Waals surface area contributed by atoms with E-state index < -0.39 is 15.1 Å². The van der Waals surface area contributed by atoms with Crippen molar-refractivity contribution in [3.63, 3.8) is 0 Å². The van der Waals surface area contributed by atoms with E-state index in [0.717, 1.165) is 5.56 Å². The van der Waals surface area contributed by atoms with Gasteiger partial charge in [0.05, 0.1) is 5.75 Å². The van der Waals surface area contributed by atoms with E-state index in [9.17, 15) is 8.42 Å². The van der Waals surface area contributed by atoms with Crippen LogP contribution >= 0.6 is 0 Å². The minimum Gasteiger partial charge on any atom is -0.338 e. The molecule has 0 radical (unpaired) electrons. The first-order valence-electron chi connectivity index (χ1n) is 8.46. The molecular weight excluding hydrogens is 336 g/mol. The van der Waals surface area contributed by atoms with Crippen LogP contribution in [0.2, 0.25) is 0 Å². The number of benzene rings is 1. The van der Waals surface area contributed by atoms with Gasteiger partial charge in [0.2, 0.25) is 5.89 Å². The fourth-order valence-corrected chi connectivity index (χ4v) is 3.63. The molecule has 1 atom stereocenters. The van der Waals surface area contributed by atoms with Crippen LogP contribution in [0.5, 0.6) is 0 Å². The van der Waals surface area contributed by atoms with Gasteiger partial charge < -0.3 is 4.52 Å². The first-order chi connectivity index (χ1) is 11.3. The number of rotatable bonds is 4. The van der Waals surface area contributed by atoms with Crippen molar-refractivity contribution in [2.75, 3.05) is 0 Å². The van der Waals surface area contributed by atoms with Crippen molar-refractivity contribution in [1.82, 2.24) is 10.1 Å². The second-order valence-corrected chi connectivity index (χ2v) is 10.9. The summed E-state index contributed by atoms with van der Waals surface area (Å²) >= 11 is 0. The van der Waals surface area contributed by atoms with Crippen LogP contribution in [-0.2, 0) is 26.4 Å². The lowest BCUT2D eigenvalue weighted by atomic mass is 9.87. The fourth-order valence-electron chi connectivity index (χ4n) is 2.32. The smallest absolute Gasteiger partial charge is 0.244 e. The summed E-state index contributed by atoms with van der Waals surface area (Å²) in [7, 11) is -3.44. The van der Waals surface area contributed by atoms with Crippen LogP contribution in [0.3, 0.4) is 0 Å². The highest BCUT2D eigenvalue weighted by Crippen LogP contribution is 2.28. The molecule has 0 aliphatic rings. The average Bonchev–Trinajstić information content (AvgIpc) is 2.95. The van der Waals surface area contributed by atoms with Crippen molar-refractivity contribution in [3.8, 4) is 0 Å². The van der Waals surface area contributed by atoms with E-state index in [4.69, 9.17) is 4.52 Å². The van der Waals surface area contributed by atoms with Gasteiger partial charge in [0.25, 0.3) is 0 Å². The molecule has 25 heavy (non-hydrogen) atoms. The van der Waals surface area contributed by atoms with Crippen LogP contribution in [-0.4, -0.2) is 18.6 Å². The molecule has 6 heteroatoms. The van der Waals surface area contributed by atoms with E-state index in [1.165, 1.54) is 5.56 Å². The van der Waals surface area contributed by atoms with Gasteiger partial charge in [-0.3, -0.25) is 0 Å². The predicted octanol–water partition coefficient (Wildman–Crippen LogP) is 4.34. The van der Waals surface area contributed by atoms with Crippen LogP contribution in [0.15, 0.2) is 28.8 Å². The minimum absolute atomic E-state index is 0.0395. The van der Waals surface area contributed by atoms with Crippen LogP contribution in [0, 0.1) is 0 Å². The predicted molar refractivity (Wildman–Crippen MR) is 99.2 cm³/mol. The van der Waals surface area contributed by atoms with Crippen molar-refractivity contribution in [1.29, 1.82) is 0 Å². The second-order valence-electron chi connectivity index (χ2n) is 8.60. The van der Waals surface area contributed by atoms with E-state index in [0.29, 0.717) is 5.82 Å². The topological polar surface area (TPSA) is 73.1 Å². The Morgan fingerprint density at radius 2 is 1.56 bits per heavy atom. The lowest BCUT2D eigenvalue weighted by molar-refractivity contribution is 0.361.